The number of carboxylic acid groups (broad SMARTS) is 1. The Hall–Kier alpha value is -3.08. The van der Waals surface area contributed by atoms with Crippen molar-refractivity contribution in [2.45, 2.75) is 38.6 Å². The number of aromatic amines is 1. The largest absolute Gasteiger partial charge is 0.481 e. The summed E-state index contributed by atoms with van der Waals surface area (Å²) in [4.78, 5) is 26.9. The summed E-state index contributed by atoms with van der Waals surface area (Å²) in [5.74, 6) is -0.981. The average Bonchev–Trinajstić information content (AvgIpc) is 3.08. The molecular weight excluding hydrogens is 340 g/mol. The van der Waals surface area contributed by atoms with Crippen molar-refractivity contribution in [1.29, 1.82) is 0 Å². The molecule has 0 radical (unpaired) electrons. The molecule has 0 spiro atoms. The number of hydrogen-bond acceptors (Lipinski definition) is 2. The molecule has 0 aliphatic heterocycles. The number of carbonyl (C=O) groups excluding carboxylic acids is 1. The zero-order chi connectivity index (χ0) is 19.2. The zero-order valence-electron chi connectivity index (χ0n) is 15.4. The third kappa shape index (κ3) is 4.56. The Balaban J connectivity index is 1.75. The Bertz CT molecular complexity index is 931. The molecule has 5 nitrogen and oxygen atoms in total. The predicted molar refractivity (Wildman–Crippen MR) is 106 cm³/mol. The molecule has 0 aliphatic rings. The highest BCUT2D eigenvalue weighted by atomic mass is 16.4. The van der Waals surface area contributed by atoms with Gasteiger partial charge in [0.25, 0.3) is 0 Å². The van der Waals surface area contributed by atoms with Crippen LogP contribution in [0.5, 0.6) is 0 Å². The maximum Gasteiger partial charge on any atom is 0.303 e. The summed E-state index contributed by atoms with van der Waals surface area (Å²) in [6.07, 6.45) is 3.43. The summed E-state index contributed by atoms with van der Waals surface area (Å²) in [7, 11) is 0. The van der Waals surface area contributed by atoms with Crippen molar-refractivity contribution < 1.29 is 14.7 Å². The van der Waals surface area contributed by atoms with Crippen LogP contribution in [0.4, 0.5) is 0 Å². The quantitative estimate of drug-likeness (QED) is 0.565. The second kappa shape index (κ2) is 8.54. The van der Waals surface area contributed by atoms with Gasteiger partial charge in [0.1, 0.15) is 0 Å². The molecule has 2 aromatic carbocycles. The van der Waals surface area contributed by atoms with Gasteiger partial charge in [-0.25, -0.2) is 0 Å². The number of rotatable bonds is 8. The summed E-state index contributed by atoms with van der Waals surface area (Å²) in [5.41, 5.74) is 4.17. The Morgan fingerprint density at radius 2 is 1.85 bits per heavy atom. The first kappa shape index (κ1) is 18.7. The summed E-state index contributed by atoms with van der Waals surface area (Å²) in [6, 6.07) is 15.3. The van der Waals surface area contributed by atoms with Crippen molar-refractivity contribution in [3.63, 3.8) is 0 Å². The van der Waals surface area contributed by atoms with Gasteiger partial charge in [0.2, 0.25) is 5.91 Å². The third-order valence-electron chi connectivity index (χ3n) is 4.80. The molecule has 3 aromatic rings. The number of carboxylic acids is 1. The molecule has 140 valence electrons. The van der Waals surface area contributed by atoms with Gasteiger partial charge >= 0.3 is 5.97 Å². The van der Waals surface area contributed by atoms with Crippen molar-refractivity contribution in [2.24, 2.45) is 0 Å². The van der Waals surface area contributed by atoms with Gasteiger partial charge in [-0.3, -0.25) is 9.59 Å². The molecule has 3 rings (SSSR count). The molecule has 0 saturated carbocycles. The van der Waals surface area contributed by atoms with Gasteiger partial charge in [0.05, 0.1) is 12.5 Å². The van der Waals surface area contributed by atoms with E-state index in [-0.39, 0.29) is 24.8 Å². The number of fused-ring (bicyclic) bond motifs is 1. The smallest absolute Gasteiger partial charge is 0.303 e. The Morgan fingerprint density at radius 3 is 2.56 bits per heavy atom. The lowest BCUT2D eigenvalue weighted by atomic mass is 10.0. The number of aromatic nitrogens is 1. The highest BCUT2D eigenvalue weighted by Gasteiger charge is 2.17. The van der Waals surface area contributed by atoms with E-state index in [0.29, 0.717) is 6.42 Å². The SMILES string of the molecule is CCc1cccc2c(CC(=O)NC(CCC(=O)O)c3ccccc3)c[nH]c12. The molecule has 1 amide bonds. The van der Waals surface area contributed by atoms with Gasteiger partial charge in [-0.05, 0) is 29.5 Å². The molecule has 5 heteroatoms. The van der Waals surface area contributed by atoms with E-state index in [1.165, 1.54) is 5.56 Å². The van der Waals surface area contributed by atoms with Gasteiger partial charge in [0, 0.05) is 23.5 Å². The number of para-hydroxylation sites is 1. The van der Waals surface area contributed by atoms with E-state index in [4.69, 9.17) is 5.11 Å². The monoisotopic (exact) mass is 364 g/mol. The average molecular weight is 364 g/mol. The van der Waals surface area contributed by atoms with E-state index in [1.54, 1.807) is 0 Å². The second-order valence-corrected chi connectivity index (χ2v) is 6.65. The molecule has 1 unspecified atom stereocenters. The number of amides is 1. The number of hydrogen-bond donors (Lipinski definition) is 3. The number of carbonyl (C=O) groups is 2. The minimum atomic E-state index is -0.867. The minimum absolute atomic E-state index is 0.00673. The predicted octanol–water partition coefficient (Wildman–Crippen LogP) is 4.00. The lowest BCUT2D eigenvalue weighted by Crippen LogP contribution is -2.30. The number of aliphatic carboxylic acids is 1. The maximum absolute atomic E-state index is 12.7. The Kier molecular flexibility index (Phi) is 5.91. The topological polar surface area (TPSA) is 82.2 Å². The van der Waals surface area contributed by atoms with Crippen LogP contribution in [0.15, 0.2) is 54.7 Å². The van der Waals surface area contributed by atoms with Crippen molar-refractivity contribution >= 4 is 22.8 Å². The minimum Gasteiger partial charge on any atom is -0.481 e. The normalized spacial score (nSPS) is 12.0. The van der Waals surface area contributed by atoms with Crippen LogP contribution < -0.4 is 5.32 Å². The standard InChI is InChI=1S/C22H24N2O3/c1-2-15-9-6-10-18-17(14-23-22(15)18)13-20(25)24-19(11-12-21(26)27)16-7-4-3-5-8-16/h3-10,14,19,23H,2,11-13H2,1H3,(H,24,25)(H,26,27). The van der Waals surface area contributed by atoms with Crippen molar-refractivity contribution in [2.75, 3.05) is 0 Å². The van der Waals surface area contributed by atoms with Crippen LogP contribution in [0.1, 0.15) is 42.5 Å². The fraction of sp³-hybridized carbons (Fsp3) is 0.273. The second-order valence-electron chi connectivity index (χ2n) is 6.65. The van der Waals surface area contributed by atoms with Crippen LogP contribution in [-0.4, -0.2) is 22.0 Å². The van der Waals surface area contributed by atoms with Gasteiger partial charge in [0.15, 0.2) is 0 Å². The molecule has 1 atom stereocenters. The first-order chi connectivity index (χ1) is 13.1. The molecule has 27 heavy (non-hydrogen) atoms. The number of aryl methyl sites for hydroxylation is 1. The highest BCUT2D eigenvalue weighted by Crippen LogP contribution is 2.23. The zero-order valence-corrected chi connectivity index (χ0v) is 15.4. The van der Waals surface area contributed by atoms with E-state index in [0.717, 1.165) is 28.5 Å². The molecule has 0 saturated heterocycles. The van der Waals surface area contributed by atoms with Crippen LogP contribution in [0.3, 0.4) is 0 Å². The third-order valence-corrected chi connectivity index (χ3v) is 4.80. The van der Waals surface area contributed by atoms with Crippen molar-refractivity contribution in [3.8, 4) is 0 Å². The molecule has 1 aromatic heterocycles. The van der Waals surface area contributed by atoms with Crippen LogP contribution in [0, 0.1) is 0 Å². The summed E-state index contributed by atoms with van der Waals surface area (Å²) >= 11 is 0. The van der Waals surface area contributed by atoms with E-state index >= 15 is 0 Å². The molecule has 1 heterocycles. The molecule has 0 aliphatic carbocycles. The highest BCUT2D eigenvalue weighted by molar-refractivity contribution is 5.90. The van der Waals surface area contributed by atoms with Crippen molar-refractivity contribution in [1.82, 2.24) is 10.3 Å². The first-order valence-electron chi connectivity index (χ1n) is 9.22. The van der Waals surface area contributed by atoms with E-state index in [1.807, 2.05) is 48.7 Å². The van der Waals surface area contributed by atoms with Gasteiger partial charge in [-0.2, -0.15) is 0 Å². The molecule has 0 bridgehead atoms. The fourth-order valence-corrected chi connectivity index (χ4v) is 3.41. The van der Waals surface area contributed by atoms with Crippen LogP contribution in [-0.2, 0) is 22.4 Å². The van der Waals surface area contributed by atoms with Crippen LogP contribution >= 0.6 is 0 Å². The fourth-order valence-electron chi connectivity index (χ4n) is 3.41. The van der Waals surface area contributed by atoms with E-state index in [2.05, 4.69) is 23.3 Å². The van der Waals surface area contributed by atoms with E-state index < -0.39 is 5.97 Å². The lowest BCUT2D eigenvalue weighted by molar-refractivity contribution is -0.137. The van der Waals surface area contributed by atoms with Gasteiger partial charge in [-0.1, -0.05) is 55.5 Å². The Morgan fingerprint density at radius 1 is 1.07 bits per heavy atom. The Labute approximate surface area is 158 Å². The van der Waals surface area contributed by atoms with Crippen LogP contribution in [0.2, 0.25) is 0 Å². The number of H-pyrrole nitrogens is 1. The first-order valence-corrected chi connectivity index (χ1v) is 9.22. The van der Waals surface area contributed by atoms with Gasteiger partial charge < -0.3 is 15.4 Å². The maximum atomic E-state index is 12.7. The lowest BCUT2D eigenvalue weighted by Gasteiger charge is -2.18. The molecule has 3 N–H and O–H groups in total. The van der Waals surface area contributed by atoms with Gasteiger partial charge in [-0.15, -0.1) is 0 Å². The summed E-state index contributed by atoms with van der Waals surface area (Å²) < 4.78 is 0. The summed E-state index contributed by atoms with van der Waals surface area (Å²) in [5, 5.41) is 13.1. The molecule has 0 fully saturated rings. The number of benzene rings is 2. The van der Waals surface area contributed by atoms with Crippen molar-refractivity contribution in [3.05, 3.63) is 71.4 Å². The van der Waals surface area contributed by atoms with E-state index in [9.17, 15) is 9.59 Å². The van der Waals surface area contributed by atoms with Crippen LogP contribution in [0.25, 0.3) is 10.9 Å². The number of nitrogens with one attached hydrogen (secondary N) is 2. The molecular formula is C22H24N2O3. The summed E-state index contributed by atoms with van der Waals surface area (Å²) in [6.45, 7) is 2.11.